The van der Waals surface area contributed by atoms with Crippen LogP contribution >= 0.6 is 0 Å². The van der Waals surface area contributed by atoms with Crippen LogP contribution in [0.4, 0.5) is 10.1 Å². The molecule has 3 aromatic rings. The first-order chi connectivity index (χ1) is 9.56. The van der Waals surface area contributed by atoms with Gasteiger partial charge in [0.05, 0.1) is 0 Å². The van der Waals surface area contributed by atoms with Crippen molar-refractivity contribution in [2.75, 3.05) is 5.73 Å². The van der Waals surface area contributed by atoms with Crippen molar-refractivity contribution in [3.8, 4) is 11.1 Å². The average molecular weight is 268 g/mol. The van der Waals surface area contributed by atoms with Crippen LogP contribution in [-0.2, 0) is 7.05 Å². The highest BCUT2D eigenvalue weighted by atomic mass is 19.1. The van der Waals surface area contributed by atoms with E-state index >= 15 is 0 Å². The van der Waals surface area contributed by atoms with Gasteiger partial charge in [-0.15, -0.1) is 0 Å². The quantitative estimate of drug-likeness (QED) is 0.690. The van der Waals surface area contributed by atoms with E-state index in [4.69, 9.17) is 5.73 Å². The fraction of sp³-hybridized carbons (Fsp3) is 0.0625. The van der Waals surface area contributed by atoms with Gasteiger partial charge in [0.25, 0.3) is 5.56 Å². The number of anilines is 1. The van der Waals surface area contributed by atoms with E-state index in [0.717, 1.165) is 11.1 Å². The third-order valence-corrected chi connectivity index (χ3v) is 3.34. The van der Waals surface area contributed by atoms with Gasteiger partial charge in [-0.05, 0) is 41.3 Å². The molecule has 0 aliphatic heterocycles. The molecule has 2 aromatic carbocycles. The Kier molecular flexibility index (Phi) is 2.79. The van der Waals surface area contributed by atoms with Crippen molar-refractivity contribution < 1.29 is 4.39 Å². The number of aromatic nitrogens is 1. The molecule has 0 unspecified atom stereocenters. The van der Waals surface area contributed by atoms with Crippen molar-refractivity contribution in [3.05, 3.63) is 64.8 Å². The Morgan fingerprint density at radius 2 is 1.90 bits per heavy atom. The van der Waals surface area contributed by atoms with Gasteiger partial charge in [0.2, 0.25) is 0 Å². The van der Waals surface area contributed by atoms with Crippen molar-refractivity contribution in [3.63, 3.8) is 0 Å². The van der Waals surface area contributed by atoms with E-state index in [2.05, 4.69) is 0 Å². The summed E-state index contributed by atoms with van der Waals surface area (Å²) < 4.78 is 15.0. The molecule has 1 aromatic heterocycles. The maximum Gasteiger partial charge on any atom is 0.258 e. The number of fused-ring (bicyclic) bond motifs is 1. The van der Waals surface area contributed by atoms with Crippen molar-refractivity contribution in [1.29, 1.82) is 0 Å². The first kappa shape index (κ1) is 12.4. The van der Waals surface area contributed by atoms with Crippen LogP contribution in [0.1, 0.15) is 0 Å². The molecular weight excluding hydrogens is 255 g/mol. The molecule has 100 valence electrons. The molecule has 0 amide bonds. The van der Waals surface area contributed by atoms with Crippen LogP contribution in [0.5, 0.6) is 0 Å². The molecule has 0 aliphatic carbocycles. The summed E-state index contributed by atoms with van der Waals surface area (Å²) in [5.74, 6) is -0.365. The van der Waals surface area contributed by atoms with Gasteiger partial charge in [0.1, 0.15) is 5.82 Å². The number of hydrogen-bond donors (Lipinski definition) is 1. The molecule has 3 rings (SSSR count). The average Bonchev–Trinajstić information content (AvgIpc) is 2.42. The number of hydrogen-bond acceptors (Lipinski definition) is 2. The molecular formula is C16H13FN2O. The first-order valence-corrected chi connectivity index (χ1v) is 6.21. The maximum atomic E-state index is 13.5. The molecule has 0 spiro atoms. The summed E-state index contributed by atoms with van der Waals surface area (Å²) in [6.07, 6.45) is 1.71. The highest BCUT2D eigenvalue weighted by molar-refractivity contribution is 5.96. The highest BCUT2D eigenvalue weighted by Crippen LogP contribution is 2.28. The van der Waals surface area contributed by atoms with Crippen LogP contribution < -0.4 is 11.3 Å². The smallest absolute Gasteiger partial charge is 0.258 e. The van der Waals surface area contributed by atoms with Crippen molar-refractivity contribution in [1.82, 2.24) is 4.57 Å². The maximum absolute atomic E-state index is 13.5. The van der Waals surface area contributed by atoms with E-state index in [9.17, 15) is 9.18 Å². The van der Waals surface area contributed by atoms with Crippen molar-refractivity contribution >= 4 is 16.5 Å². The Labute approximate surface area is 115 Å². The van der Waals surface area contributed by atoms with E-state index in [1.165, 1.54) is 22.8 Å². The zero-order valence-corrected chi connectivity index (χ0v) is 10.9. The minimum absolute atomic E-state index is 0.146. The van der Waals surface area contributed by atoms with Gasteiger partial charge in [-0.1, -0.05) is 12.1 Å². The lowest BCUT2D eigenvalue weighted by Gasteiger charge is -2.10. The second kappa shape index (κ2) is 4.49. The molecule has 0 aliphatic rings. The SMILES string of the molecule is Cn1cc(-c2cccc(N)c2)c2cc(F)ccc2c1=O. The van der Waals surface area contributed by atoms with E-state index in [-0.39, 0.29) is 11.4 Å². The topological polar surface area (TPSA) is 48.0 Å². The number of pyridine rings is 1. The van der Waals surface area contributed by atoms with Gasteiger partial charge in [0.15, 0.2) is 0 Å². The fourth-order valence-electron chi connectivity index (χ4n) is 2.37. The minimum Gasteiger partial charge on any atom is -0.399 e. The number of rotatable bonds is 1. The number of benzene rings is 2. The monoisotopic (exact) mass is 268 g/mol. The second-order valence-electron chi connectivity index (χ2n) is 4.77. The molecule has 0 fully saturated rings. The van der Waals surface area contributed by atoms with E-state index < -0.39 is 0 Å². The van der Waals surface area contributed by atoms with Gasteiger partial charge >= 0.3 is 0 Å². The summed E-state index contributed by atoms with van der Waals surface area (Å²) in [4.78, 5) is 12.1. The summed E-state index contributed by atoms with van der Waals surface area (Å²) in [7, 11) is 1.68. The molecule has 0 radical (unpaired) electrons. The van der Waals surface area contributed by atoms with Gasteiger partial charge < -0.3 is 10.3 Å². The van der Waals surface area contributed by atoms with Crippen LogP contribution in [0.2, 0.25) is 0 Å². The molecule has 0 atom stereocenters. The summed E-state index contributed by atoms with van der Waals surface area (Å²) in [6, 6.07) is 11.5. The van der Waals surface area contributed by atoms with Gasteiger partial charge in [-0.25, -0.2) is 4.39 Å². The molecule has 2 N–H and O–H groups in total. The normalized spacial score (nSPS) is 10.9. The molecule has 20 heavy (non-hydrogen) atoms. The van der Waals surface area contributed by atoms with Gasteiger partial charge in [-0.3, -0.25) is 4.79 Å². The van der Waals surface area contributed by atoms with Crippen LogP contribution in [0, 0.1) is 5.82 Å². The van der Waals surface area contributed by atoms with Crippen LogP contribution in [-0.4, -0.2) is 4.57 Å². The lowest BCUT2D eigenvalue weighted by atomic mass is 10.00. The Morgan fingerprint density at radius 3 is 2.65 bits per heavy atom. The zero-order valence-electron chi connectivity index (χ0n) is 10.9. The molecule has 1 heterocycles. The molecule has 0 bridgehead atoms. The highest BCUT2D eigenvalue weighted by Gasteiger charge is 2.10. The Morgan fingerprint density at radius 1 is 1.10 bits per heavy atom. The fourth-order valence-corrected chi connectivity index (χ4v) is 2.37. The molecule has 0 saturated carbocycles. The predicted molar refractivity (Wildman–Crippen MR) is 79.0 cm³/mol. The minimum atomic E-state index is -0.365. The zero-order chi connectivity index (χ0) is 14.3. The van der Waals surface area contributed by atoms with E-state index in [1.807, 2.05) is 18.2 Å². The Balaban J connectivity index is 2.44. The van der Waals surface area contributed by atoms with Crippen LogP contribution in [0.25, 0.3) is 21.9 Å². The van der Waals surface area contributed by atoms with Crippen molar-refractivity contribution in [2.24, 2.45) is 7.05 Å². The predicted octanol–water partition coefficient (Wildman–Crippen LogP) is 2.93. The lowest BCUT2D eigenvalue weighted by Crippen LogP contribution is -2.16. The Bertz CT molecular complexity index is 868. The number of nitrogens with zero attached hydrogens (tertiary/aromatic N) is 1. The van der Waals surface area contributed by atoms with Crippen LogP contribution in [0.15, 0.2) is 53.5 Å². The number of aryl methyl sites for hydroxylation is 1. The number of nitrogens with two attached hydrogens (primary N) is 1. The summed E-state index contributed by atoms with van der Waals surface area (Å²) in [6.45, 7) is 0. The third kappa shape index (κ3) is 1.95. The standard InChI is InChI=1S/C16H13FN2O/c1-19-9-15(10-3-2-4-12(18)7-10)14-8-11(17)5-6-13(14)16(19)20/h2-9H,18H2,1H3. The van der Waals surface area contributed by atoms with Gasteiger partial charge in [-0.2, -0.15) is 0 Å². The lowest BCUT2D eigenvalue weighted by molar-refractivity contribution is 0.629. The number of nitrogen functional groups attached to an aromatic ring is 1. The van der Waals surface area contributed by atoms with E-state index in [1.54, 1.807) is 19.3 Å². The molecule has 4 heteroatoms. The van der Waals surface area contributed by atoms with E-state index in [0.29, 0.717) is 16.5 Å². The second-order valence-corrected chi connectivity index (χ2v) is 4.77. The molecule has 3 nitrogen and oxygen atoms in total. The van der Waals surface area contributed by atoms with Gasteiger partial charge in [0, 0.05) is 29.9 Å². The summed E-state index contributed by atoms with van der Waals surface area (Å²) in [5.41, 5.74) is 7.92. The Hall–Kier alpha value is -2.62. The van der Waals surface area contributed by atoms with Crippen LogP contribution in [0.3, 0.4) is 0 Å². The van der Waals surface area contributed by atoms with Crippen molar-refractivity contribution in [2.45, 2.75) is 0 Å². The molecule has 0 saturated heterocycles. The number of halogens is 1. The third-order valence-electron chi connectivity index (χ3n) is 3.34. The summed E-state index contributed by atoms with van der Waals surface area (Å²) in [5, 5.41) is 1.09. The first-order valence-electron chi connectivity index (χ1n) is 6.21. The largest absolute Gasteiger partial charge is 0.399 e. The summed E-state index contributed by atoms with van der Waals surface area (Å²) >= 11 is 0.